The van der Waals surface area contributed by atoms with Gasteiger partial charge in [-0.25, -0.2) is 0 Å². The van der Waals surface area contributed by atoms with Gasteiger partial charge >= 0.3 is 6.18 Å². The Labute approximate surface area is 159 Å². The van der Waals surface area contributed by atoms with Crippen molar-refractivity contribution in [2.45, 2.75) is 26.1 Å². The molecule has 0 bridgehead atoms. The van der Waals surface area contributed by atoms with Crippen molar-refractivity contribution in [3.05, 3.63) is 63.5 Å². The number of hydrogen-bond donors (Lipinski definition) is 2. The van der Waals surface area contributed by atoms with E-state index >= 15 is 0 Å². The van der Waals surface area contributed by atoms with E-state index < -0.39 is 22.9 Å². The second-order valence-corrected chi connectivity index (χ2v) is 6.98. The summed E-state index contributed by atoms with van der Waals surface area (Å²) in [6.07, 6.45) is -4.43. The number of aryl methyl sites for hydroxylation is 1. The molecule has 0 saturated heterocycles. The Morgan fingerprint density at radius 2 is 1.79 bits per heavy atom. The number of fused-ring (bicyclic) bond motifs is 1. The van der Waals surface area contributed by atoms with E-state index in [1.807, 2.05) is 0 Å². The van der Waals surface area contributed by atoms with Crippen LogP contribution in [0.2, 0.25) is 0 Å². The van der Waals surface area contributed by atoms with Crippen LogP contribution in [0.4, 0.5) is 13.2 Å². The molecule has 0 aliphatic rings. The molecular formula is C21H21F3NO3+. The van der Waals surface area contributed by atoms with Crippen LogP contribution < -0.4 is 10.3 Å². The lowest BCUT2D eigenvalue weighted by molar-refractivity contribution is -0.872. The standard InChI is InChI=1S/C21H20F3NO3/c1-4-12-10-14-18(27)16(13-8-6-5-7-9-13)20(21(22,23)24)28-19(14)15(17(12)26)11-25(2)3/h5-10,26H,4,11H2,1-3H3/p+1. The smallest absolute Gasteiger partial charge is 0.450 e. The number of rotatable bonds is 4. The summed E-state index contributed by atoms with van der Waals surface area (Å²) in [7, 11) is 3.59. The van der Waals surface area contributed by atoms with Crippen LogP contribution in [0.3, 0.4) is 0 Å². The number of benzene rings is 2. The third-order valence-electron chi connectivity index (χ3n) is 4.56. The number of phenolic OH excluding ortho intramolecular Hbond substituents is 1. The minimum atomic E-state index is -4.86. The van der Waals surface area contributed by atoms with Gasteiger partial charge in [0.1, 0.15) is 12.3 Å². The number of aromatic hydroxyl groups is 1. The molecule has 0 unspecified atom stereocenters. The van der Waals surface area contributed by atoms with Crippen LogP contribution >= 0.6 is 0 Å². The minimum absolute atomic E-state index is 0.0396. The van der Waals surface area contributed by atoms with E-state index in [1.165, 1.54) is 18.2 Å². The van der Waals surface area contributed by atoms with Gasteiger partial charge in [0.15, 0.2) is 5.58 Å². The SMILES string of the molecule is CCc1cc2c(=O)c(-c3ccccc3)c(C(F)(F)F)oc2c(C[NH+](C)C)c1O. The summed E-state index contributed by atoms with van der Waals surface area (Å²) in [5.41, 5.74) is -0.656. The van der Waals surface area contributed by atoms with E-state index in [4.69, 9.17) is 4.42 Å². The highest BCUT2D eigenvalue weighted by Gasteiger charge is 2.40. The number of phenols is 1. The molecule has 0 saturated carbocycles. The van der Waals surface area contributed by atoms with Crippen molar-refractivity contribution < 1.29 is 27.6 Å². The molecule has 3 rings (SSSR count). The van der Waals surface area contributed by atoms with Crippen molar-refractivity contribution >= 4 is 11.0 Å². The summed E-state index contributed by atoms with van der Waals surface area (Å²) in [6.45, 7) is 2.01. The summed E-state index contributed by atoms with van der Waals surface area (Å²) in [6, 6.07) is 9.10. The van der Waals surface area contributed by atoms with Crippen LogP contribution in [-0.2, 0) is 19.1 Å². The van der Waals surface area contributed by atoms with E-state index in [1.54, 1.807) is 39.2 Å². The summed E-state index contributed by atoms with van der Waals surface area (Å²) >= 11 is 0. The molecule has 0 atom stereocenters. The van der Waals surface area contributed by atoms with Gasteiger partial charge in [0.05, 0.1) is 30.6 Å². The van der Waals surface area contributed by atoms with Crippen molar-refractivity contribution in [2.75, 3.05) is 14.1 Å². The third kappa shape index (κ3) is 3.49. The molecule has 0 aliphatic carbocycles. The molecule has 7 heteroatoms. The van der Waals surface area contributed by atoms with Crippen molar-refractivity contribution in [2.24, 2.45) is 0 Å². The van der Waals surface area contributed by atoms with Crippen molar-refractivity contribution in [3.8, 4) is 16.9 Å². The fourth-order valence-electron chi connectivity index (χ4n) is 3.30. The maximum Gasteiger partial charge on any atom is 0.450 e. The van der Waals surface area contributed by atoms with Gasteiger partial charge in [0, 0.05) is 0 Å². The maximum atomic E-state index is 13.8. The summed E-state index contributed by atoms with van der Waals surface area (Å²) < 4.78 is 46.7. The molecule has 2 aromatic carbocycles. The maximum absolute atomic E-state index is 13.8. The Kier molecular flexibility index (Phi) is 5.21. The topological polar surface area (TPSA) is 54.9 Å². The second kappa shape index (κ2) is 7.31. The predicted octanol–water partition coefficient (Wildman–Crippen LogP) is 3.39. The number of halogens is 3. The van der Waals surface area contributed by atoms with Gasteiger partial charge in [-0.3, -0.25) is 4.79 Å². The zero-order chi connectivity index (χ0) is 20.6. The monoisotopic (exact) mass is 392 g/mol. The van der Waals surface area contributed by atoms with Crippen molar-refractivity contribution in [3.63, 3.8) is 0 Å². The number of hydrogen-bond acceptors (Lipinski definition) is 3. The quantitative estimate of drug-likeness (QED) is 0.716. The third-order valence-corrected chi connectivity index (χ3v) is 4.56. The normalized spacial score (nSPS) is 12.1. The lowest BCUT2D eigenvalue weighted by Gasteiger charge is -2.17. The van der Waals surface area contributed by atoms with Crippen LogP contribution in [0.25, 0.3) is 22.1 Å². The zero-order valence-electron chi connectivity index (χ0n) is 15.8. The molecule has 0 aliphatic heterocycles. The Bertz CT molecular complexity index is 1070. The summed E-state index contributed by atoms with van der Waals surface area (Å²) in [4.78, 5) is 14.0. The molecule has 3 aromatic rings. The van der Waals surface area contributed by atoms with Crippen LogP contribution in [0, 0.1) is 0 Å². The molecule has 2 N–H and O–H groups in total. The average Bonchev–Trinajstić information content (AvgIpc) is 2.63. The van der Waals surface area contributed by atoms with E-state index in [0.29, 0.717) is 12.0 Å². The van der Waals surface area contributed by atoms with Crippen molar-refractivity contribution in [1.82, 2.24) is 0 Å². The van der Waals surface area contributed by atoms with Crippen LogP contribution in [0.5, 0.6) is 5.75 Å². The highest BCUT2D eigenvalue weighted by Crippen LogP contribution is 2.39. The van der Waals surface area contributed by atoms with E-state index in [0.717, 1.165) is 4.90 Å². The lowest BCUT2D eigenvalue weighted by Crippen LogP contribution is -3.04. The van der Waals surface area contributed by atoms with E-state index in [9.17, 15) is 23.1 Å². The first-order valence-electron chi connectivity index (χ1n) is 8.91. The molecule has 0 spiro atoms. The van der Waals surface area contributed by atoms with E-state index in [-0.39, 0.29) is 34.4 Å². The summed E-state index contributed by atoms with van der Waals surface area (Å²) in [5.74, 6) is -1.48. The highest BCUT2D eigenvalue weighted by molar-refractivity contribution is 5.87. The first kappa shape index (κ1) is 19.9. The van der Waals surface area contributed by atoms with Gasteiger partial charge in [-0.05, 0) is 23.6 Å². The van der Waals surface area contributed by atoms with Crippen molar-refractivity contribution in [1.29, 1.82) is 0 Å². The molecule has 0 radical (unpaired) electrons. The van der Waals surface area contributed by atoms with Gasteiger partial charge in [-0.15, -0.1) is 0 Å². The predicted molar refractivity (Wildman–Crippen MR) is 100 cm³/mol. The molecular weight excluding hydrogens is 371 g/mol. The molecule has 0 amide bonds. The van der Waals surface area contributed by atoms with Gasteiger partial charge in [0.25, 0.3) is 0 Å². The fourth-order valence-corrected chi connectivity index (χ4v) is 3.30. The Hall–Kier alpha value is -2.80. The molecule has 28 heavy (non-hydrogen) atoms. The molecule has 1 heterocycles. The fraction of sp³-hybridized carbons (Fsp3) is 0.286. The van der Waals surface area contributed by atoms with E-state index in [2.05, 4.69) is 0 Å². The average molecular weight is 392 g/mol. The number of quaternary nitrogens is 1. The van der Waals surface area contributed by atoms with Gasteiger partial charge in [-0.2, -0.15) is 13.2 Å². The van der Waals surface area contributed by atoms with Crippen LogP contribution in [-0.4, -0.2) is 19.2 Å². The molecule has 0 fully saturated rings. The number of nitrogens with one attached hydrogen (secondary N) is 1. The second-order valence-electron chi connectivity index (χ2n) is 6.98. The molecule has 148 valence electrons. The van der Waals surface area contributed by atoms with Gasteiger partial charge in [0.2, 0.25) is 11.2 Å². The van der Waals surface area contributed by atoms with Crippen LogP contribution in [0.1, 0.15) is 23.8 Å². The largest absolute Gasteiger partial charge is 0.507 e. The molecule has 4 nitrogen and oxygen atoms in total. The lowest BCUT2D eigenvalue weighted by atomic mass is 9.97. The highest BCUT2D eigenvalue weighted by atomic mass is 19.4. The minimum Gasteiger partial charge on any atom is -0.507 e. The first-order valence-corrected chi connectivity index (χ1v) is 8.91. The summed E-state index contributed by atoms with van der Waals surface area (Å²) in [5, 5.41) is 10.6. The van der Waals surface area contributed by atoms with Gasteiger partial charge in [-0.1, -0.05) is 37.3 Å². The van der Waals surface area contributed by atoms with Gasteiger partial charge < -0.3 is 14.4 Å². The first-order chi connectivity index (χ1) is 13.1. The Morgan fingerprint density at radius 3 is 2.32 bits per heavy atom. The van der Waals surface area contributed by atoms with Crippen LogP contribution in [0.15, 0.2) is 45.6 Å². The zero-order valence-corrected chi connectivity index (χ0v) is 15.8. The Morgan fingerprint density at radius 1 is 1.14 bits per heavy atom. The Balaban J connectivity index is 2.51. The molecule has 1 aromatic heterocycles. The number of alkyl halides is 3.